The molecule has 0 saturated heterocycles. The highest BCUT2D eigenvalue weighted by Crippen LogP contribution is 2.46. The van der Waals surface area contributed by atoms with Gasteiger partial charge in [-0.3, -0.25) is 0 Å². The molecule has 2 aliphatic rings. The molecule has 0 radical (unpaired) electrons. The van der Waals surface area contributed by atoms with Crippen molar-refractivity contribution in [2.45, 2.75) is 57.0 Å². The van der Waals surface area contributed by atoms with Crippen LogP contribution in [0.5, 0.6) is 0 Å². The number of hydrogen-bond donors (Lipinski definition) is 2. The lowest BCUT2D eigenvalue weighted by Gasteiger charge is -2.41. The third-order valence-corrected chi connectivity index (χ3v) is 5.10. The number of carboxylic acid groups (broad SMARTS) is 1. The van der Waals surface area contributed by atoms with Gasteiger partial charge in [0.05, 0.1) is 17.8 Å². The summed E-state index contributed by atoms with van der Waals surface area (Å²) in [4.78, 5) is 11.6. The van der Waals surface area contributed by atoms with Gasteiger partial charge in [0.15, 0.2) is 0 Å². The predicted octanol–water partition coefficient (Wildman–Crippen LogP) is 3.56. The Morgan fingerprint density at radius 3 is 2.96 bits per heavy atom. The zero-order chi connectivity index (χ0) is 17.2. The first-order valence-electron chi connectivity index (χ1n) is 8.46. The number of carboxylic acids is 1. The molecule has 0 bridgehead atoms. The van der Waals surface area contributed by atoms with Gasteiger partial charge in [0.25, 0.3) is 0 Å². The summed E-state index contributed by atoms with van der Waals surface area (Å²) >= 11 is 0. The van der Waals surface area contributed by atoms with Crippen LogP contribution in [-0.4, -0.2) is 26.9 Å². The Morgan fingerprint density at radius 1 is 1.58 bits per heavy atom. The van der Waals surface area contributed by atoms with Gasteiger partial charge in [-0.1, -0.05) is 31.1 Å². The van der Waals surface area contributed by atoms with E-state index >= 15 is 0 Å². The Bertz CT molecular complexity index is 730. The standard InChI is InChI=1S/C19H23N3O2/c1-3-5-9-14(8-4-2)16-12-19(10-6-7-11-19)22-17(21-16)15(13-20-22)18(23)24/h1,4,8-9,13,16,21H,5-7,10-12H2,2H3,(H,23,24)/b8-4-,14-9+. The average Bonchev–Trinajstić information content (AvgIpc) is 3.19. The van der Waals surface area contributed by atoms with E-state index in [1.165, 1.54) is 6.20 Å². The first-order valence-corrected chi connectivity index (χ1v) is 8.46. The molecular weight excluding hydrogens is 302 g/mol. The molecule has 3 rings (SSSR count). The summed E-state index contributed by atoms with van der Waals surface area (Å²) < 4.78 is 1.93. The fourth-order valence-corrected chi connectivity index (χ4v) is 4.03. The molecule has 24 heavy (non-hydrogen) atoms. The minimum Gasteiger partial charge on any atom is -0.477 e. The van der Waals surface area contributed by atoms with Crippen LogP contribution in [0.25, 0.3) is 0 Å². The number of aromatic nitrogens is 2. The fourth-order valence-electron chi connectivity index (χ4n) is 4.03. The SMILES string of the molecule is C#CC/C=C(\C=C/C)C1CC2(CCCC2)n2ncc(C(=O)O)c2N1. The van der Waals surface area contributed by atoms with Crippen LogP contribution in [-0.2, 0) is 5.54 Å². The van der Waals surface area contributed by atoms with Crippen LogP contribution in [0.4, 0.5) is 5.82 Å². The largest absolute Gasteiger partial charge is 0.477 e. The molecule has 0 aromatic carbocycles. The van der Waals surface area contributed by atoms with E-state index in [0.717, 1.165) is 37.7 Å². The van der Waals surface area contributed by atoms with E-state index in [0.29, 0.717) is 12.2 Å². The van der Waals surface area contributed by atoms with Crippen LogP contribution in [0.15, 0.2) is 30.0 Å². The Hall–Kier alpha value is -2.48. The van der Waals surface area contributed by atoms with Gasteiger partial charge < -0.3 is 10.4 Å². The maximum absolute atomic E-state index is 11.6. The zero-order valence-corrected chi connectivity index (χ0v) is 14.0. The number of anilines is 1. The van der Waals surface area contributed by atoms with E-state index < -0.39 is 5.97 Å². The minimum atomic E-state index is -0.947. The number of nitrogens with zero attached hydrogens (tertiary/aromatic N) is 2. The van der Waals surface area contributed by atoms with Crippen molar-refractivity contribution in [1.82, 2.24) is 9.78 Å². The molecule has 5 nitrogen and oxygen atoms in total. The van der Waals surface area contributed by atoms with Crippen LogP contribution in [0.1, 0.15) is 55.8 Å². The second-order valence-corrected chi connectivity index (χ2v) is 6.57. The van der Waals surface area contributed by atoms with E-state index in [1.807, 2.05) is 23.8 Å². The van der Waals surface area contributed by atoms with Crippen LogP contribution in [0.3, 0.4) is 0 Å². The molecule has 1 aliphatic heterocycles. The third-order valence-electron chi connectivity index (χ3n) is 5.10. The van der Waals surface area contributed by atoms with E-state index in [9.17, 15) is 9.90 Å². The van der Waals surface area contributed by atoms with Crippen molar-refractivity contribution in [2.75, 3.05) is 5.32 Å². The molecule has 1 spiro atoms. The number of hydrogen-bond acceptors (Lipinski definition) is 3. The van der Waals surface area contributed by atoms with Gasteiger partial charge in [-0.25, -0.2) is 9.48 Å². The van der Waals surface area contributed by atoms with Crippen molar-refractivity contribution in [3.8, 4) is 12.3 Å². The first kappa shape index (κ1) is 16.4. The van der Waals surface area contributed by atoms with E-state index in [2.05, 4.69) is 22.4 Å². The molecule has 1 unspecified atom stereocenters. The van der Waals surface area contributed by atoms with Gasteiger partial charge in [0.1, 0.15) is 11.4 Å². The van der Waals surface area contributed by atoms with Gasteiger partial charge in [0.2, 0.25) is 0 Å². The van der Waals surface area contributed by atoms with Crippen molar-refractivity contribution in [1.29, 1.82) is 0 Å². The smallest absolute Gasteiger partial charge is 0.341 e. The summed E-state index contributed by atoms with van der Waals surface area (Å²) in [6.07, 6.45) is 18.8. The molecule has 1 aromatic heterocycles. The molecule has 0 amide bonds. The number of carbonyl (C=O) groups is 1. The second-order valence-electron chi connectivity index (χ2n) is 6.57. The Kier molecular flexibility index (Phi) is 4.48. The van der Waals surface area contributed by atoms with Crippen LogP contribution in [0, 0.1) is 12.3 Å². The number of nitrogens with one attached hydrogen (secondary N) is 1. The van der Waals surface area contributed by atoms with Crippen LogP contribution in [0.2, 0.25) is 0 Å². The highest BCUT2D eigenvalue weighted by Gasteiger charge is 2.45. The van der Waals surface area contributed by atoms with Gasteiger partial charge in [-0.2, -0.15) is 5.10 Å². The van der Waals surface area contributed by atoms with E-state index in [1.54, 1.807) is 0 Å². The lowest BCUT2D eigenvalue weighted by molar-refractivity contribution is 0.0697. The summed E-state index contributed by atoms with van der Waals surface area (Å²) in [6.45, 7) is 1.98. The van der Waals surface area contributed by atoms with Crippen LogP contribution < -0.4 is 5.32 Å². The Balaban J connectivity index is 2.05. The Labute approximate surface area is 142 Å². The lowest BCUT2D eigenvalue weighted by atomic mass is 9.84. The predicted molar refractivity (Wildman–Crippen MR) is 94.0 cm³/mol. The molecule has 1 aliphatic carbocycles. The number of rotatable bonds is 4. The fraction of sp³-hybridized carbons (Fsp3) is 0.474. The zero-order valence-electron chi connectivity index (χ0n) is 14.0. The topological polar surface area (TPSA) is 67.2 Å². The molecule has 5 heteroatoms. The molecule has 1 aromatic rings. The van der Waals surface area contributed by atoms with Crippen molar-refractivity contribution >= 4 is 11.8 Å². The van der Waals surface area contributed by atoms with E-state index in [-0.39, 0.29) is 17.1 Å². The molecule has 1 saturated carbocycles. The van der Waals surface area contributed by atoms with Crippen molar-refractivity contribution in [2.24, 2.45) is 0 Å². The monoisotopic (exact) mass is 325 g/mol. The second kappa shape index (κ2) is 6.56. The number of terminal acetylenes is 1. The summed E-state index contributed by atoms with van der Waals surface area (Å²) in [6, 6.07) is 0.0509. The third kappa shape index (κ3) is 2.73. The highest BCUT2D eigenvalue weighted by molar-refractivity contribution is 5.93. The molecule has 1 atom stereocenters. The van der Waals surface area contributed by atoms with Crippen molar-refractivity contribution < 1.29 is 9.90 Å². The normalized spacial score (nSPS) is 22.3. The van der Waals surface area contributed by atoms with Crippen molar-refractivity contribution in [3.05, 3.63) is 35.6 Å². The number of fused-ring (bicyclic) bond motifs is 2. The summed E-state index contributed by atoms with van der Waals surface area (Å²) in [5.74, 6) is 2.33. The summed E-state index contributed by atoms with van der Waals surface area (Å²) in [5.41, 5.74) is 1.27. The van der Waals surface area contributed by atoms with Crippen molar-refractivity contribution in [3.63, 3.8) is 0 Å². The van der Waals surface area contributed by atoms with Gasteiger partial charge >= 0.3 is 5.97 Å². The Morgan fingerprint density at radius 2 is 2.33 bits per heavy atom. The maximum Gasteiger partial charge on any atom is 0.341 e. The summed E-state index contributed by atoms with van der Waals surface area (Å²) in [5, 5.41) is 17.3. The summed E-state index contributed by atoms with van der Waals surface area (Å²) in [7, 11) is 0. The minimum absolute atomic E-state index is 0.0509. The van der Waals surface area contributed by atoms with Gasteiger partial charge in [-0.05, 0) is 31.8 Å². The number of allylic oxidation sites excluding steroid dienone is 2. The number of aromatic carboxylic acids is 1. The van der Waals surface area contributed by atoms with Gasteiger partial charge in [0, 0.05) is 6.42 Å². The lowest BCUT2D eigenvalue weighted by Crippen LogP contribution is -2.44. The van der Waals surface area contributed by atoms with Gasteiger partial charge in [-0.15, -0.1) is 12.3 Å². The average molecular weight is 325 g/mol. The molecule has 2 heterocycles. The van der Waals surface area contributed by atoms with E-state index in [4.69, 9.17) is 6.42 Å². The molecule has 2 N–H and O–H groups in total. The molecule has 1 fully saturated rings. The maximum atomic E-state index is 11.6. The quantitative estimate of drug-likeness (QED) is 0.656. The van der Waals surface area contributed by atoms with Crippen LogP contribution >= 0.6 is 0 Å². The molecular formula is C19H23N3O2. The molecule has 126 valence electrons. The highest BCUT2D eigenvalue weighted by atomic mass is 16.4. The first-order chi connectivity index (χ1) is 11.6.